The van der Waals surface area contributed by atoms with Crippen LogP contribution in [0, 0.1) is 27.1 Å². The molecule has 0 bridgehead atoms. The van der Waals surface area contributed by atoms with Crippen molar-refractivity contribution in [1.82, 2.24) is 0 Å². The lowest BCUT2D eigenvalue weighted by Crippen LogP contribution is -2.31. The monoisotopic (exact) mass is 1110 g/mol. The van der Waals surface area contributed by atoms with Gasteiger partial charge in [0.25, 0.3) is 12.2 Å². The molecular weight excluding hydrogens is 1030 g/mol. The molecule has 1 aliphatic carbocycles. The van der Waals surface area contributed by atoms with Crippen LogP contribution in [0.25, 0.3) is 0 Å². The molecule has 2 heterocycles. The molecule has 23 heteroatoms. The van der Waals surface area contributed by atoms with E-state index in [-0.39, 0.29) is 31.2 Å². The van der Waals surface area contributed by atoms with Gasteiger partial charge < -0.3 is 66.3 Å². The van der Waals surface area contributed by atoms with E-state index in [1.54, 1.807) is 142 Å². The van der Waals surface area contributed by atoms with E-state index in [4.69, 9.17) is 37.9 Å². The molecule has 1 aromatic carbocycles. The number of cyclic esters (lactones) is 1. The topological polar surface area (TPSA) is 283 Å². The molecule has 0 aromatic heterocycles. The van der Waals surface area contributed by atoms with Gasteiger partial charge in [-0.1, -0.05) is 24.6 Å². The fourth-order valence-corrected chi connectivity index (χ4v) is 5.16. The molecule has 0 saturated heterocycles. The van der Waals surface area contributed by atoms with Gasteiger partial charge in [-0.3, -0.25) is 24.0 Å². The number of fused-ring (bicyclic) bond motifs is 1. The van der Waals surface area contributed by atoms with Crippen molar-refractivity contribution in [3.63, 3.8) is 0 Å². The van der Waals surface area contributed by atoms with E-state index >= 15 is 0 Å². The van der Waals surface area contributed by atoms with Gasteiger partial charge in [-0.05, 0) is 156 Å². The van der Waals surface area contributed by atoms with Crippen molar-refractivity contribution in [1.29, 1.82) is 0 Å². The number of allylic oxidation sites excluding steroid dienone is 1. The van der Waals surface area contributed by atoms with Crippen LogP contribution in [0.1, 0.15) is 179 Å². The van der Waals surface area contributed by atoms with Crippen LogP contribution < -0.4 is 0 Å². The summed E-state index contributed by atoms with van der Waals surface area (Å²) in [7, 11) is 1.17. The summed E-state index contributed by atoms with van der Waals surface area (Å²) in [5.74, 6) is -1.10. The normalized spacial score (nSPS) is 15.3. The summed E-state index contributed by atoms with van der Waals surface area (Å²) in [5, 5.41) is 0. The largest absolute Gasteiger partial charge is 0.511 e. The van der Waals surface area contributed by atoms with Gasteiger partial charge in [0.2, 0.25) is 19.9 Å². The summed E-state index contributed by atoms with van der Waals surface area (Å²) in [6.45, 7) is 34.0. The number of hydrogen-bond donors (Lipinski definition) is 0. The van der Waals surface area contributed by atoms with E-state index in [2.05, 4.69) is 35.0 Å². The first kappa shape index (κ1) is 70.9. The fraction of sp³-hybridized carbons (Fsp3) is 0.655. The lowest BCUT2D eigenvalue weighted by molar-refractivity contribution is -0.179. The minimum atomic E-state index is -0.928. The highest BCUT2D eigenvalue weighted by Gasteiger charge is 2.36. The third-order valence-electron chi connectivity index (χ3n) is 9.67. The zero-order chi connectivity index (χ0) is 60.4. The molecule has 23 nitrogen and oxygen atoms in total. The number of carbonyl (C=O) groups is 9. The van der Waals surface area contributed by atoms with E-state index in [0.717, 1.165) is 25.7 Å². The minimum absolute atomic E-state index is 0.0632. The van der Waals surface area contributed by atoms with E-state index in [0.29, 0.717) is 22.6 Å². The van der Waals surface area contributed by atoms with Crippen molar-refractivity contribution >= 4 is 54.3 Å². The molecule has 0 N–H and O–H groups in total. The second-order valence-electron chi connectivity index (χ2n) is 22.4. The van der Waals surface area contributed by atoms with Gasteiger partial charge in [-0.2, -0.15) is 0 Å². The van der Waals surface area contributed by atoms with Crippen LogP contribution >= 0.6 is 0 Å². The van der Waals surface area contributed by atoms with Crippen molar-refractivity contribution in [2.45, 2.75) is 175 Å². The number of esters is 6. The molecule has 1 aromatic rings. The average molecular weight is 1110 g/mol. The Morgan fingerprint density at radius 3 is 1.51 bits per heavy atom. The van der Waals surface area contributed by atoms with Crippen molar-refractivity contribution in [3.05, 3.63) is 59.4 Å². The first-order valence-electron chi connectivity index (χ1n) is 25.1. The Bertz CT molecular complexity index is 2200. The standard InChI is InChI=1S/C14H24O5.C13H14O4.C11H16O4.C9H16O5.C8H14O5/c1-10(17-12(15)14(2,3)4)18-13(16)19-11-8-6-5-7-9-11;1-13(2,3)12(15)17-11-9-7-5-4-6-8(9)10(14)16-11;1-7-9(15-8(2)14-7)6-13-10(12)11(3,4)5;1-5-12-8(11)14-6-13-7(10)9(2,3)4;1-8(2,3)6(9)12-5-13-7(10)11-4/h10-11H,5-9H2,1-4H3;4-7,11H,1-3H3;2,6H2,1,3-5H3;5-6H2,1-4H3;5H2,1-4H3. The number of methoxy groups -OCH3 is 1. The Balaban J connectivity index is 0.000000957. The summed E-state index contributed by atoms with van der Waals surface area (Å²) >= 11 is 0. The molecule has 2 unspecified atom stereocenters. The molecule has 0 spiro atoms. The van der Waals surface area contributed by atoms with E-state index in [9.17, 15) is 43.2 Å². The van der Waals surface area contributed by atoms with Crippen molar-refractivity contribution in [3.8, 4) is 0 Å². The highest BCUT2D eigenvalue weighted by molar-refractivity contribution is 5.94. The Labute approximate surface area is 458 Å². The van der Waals surface area contributed by atoms with Crippen molar-refractivity contribution in [2.24, 2.45) is 27.1 Å². The lowest BCUT2D eigenvalue weighted by atomic mass is 9.97. The first-order valence-corrected chi connectivity index (χ1v) is 25.1. The lowest BCUT2D eigenvalue weighted by Gasteiger charge is -2.23. The molecule has 4 rings (SSSR count). The molecule has 0 amide bonds. The van der Waals surface area contributed by atoms with E-state index < -0.39 is 102 Å². The summed E-state index contributed by atoms with van der Waals surface area (Å²) in [5.41, 5.74) is -1.88. The SMILES string of the molecule is C=C1OC(C)=C(COC(=O)C(C)(C)C)O1.CC(C)(C)C(=O)OC1OC(=O)c2ccccc21.CC(OC(=O)OC1CCCCC1)OC(=O)C(C)(C)C.CCOC(=O)OCOC(=O)C(C)(C)C.COC(=O)OCOC(=O)C(C)(C)C. The van der Waals surface area contributed by atoms with Gasteiger partial charge in [0.1, 0.15) is 11.9 Å². The fourth-order valence-electron chi connectivity index (χ4n) is 5.16. The van der Waals surface area contributed by atoms with Crippen LogP contribution in [0.15, 0.2) is 48.3 Å². The minimum Gasteiger partial charge on any atom is -0.457 e. The quantitative estimate of drug-likeness (QED) is 0.113. The van der Waals surface area contributed by atoms with E-state index in [1.165, 1.54) is 20.5 Å². The van der Waals surface area contributed by atoms with Gasteiger partial charge in [-0.15, -0.1) is 0 Å². The summed E-state index contributed by atoms with van der Waals surface area (Å²) < 4.78 is 67.3. The number of rotatable bonds is 11. The maximum Gasteiger partial charge on any atom is 0.511 e. The Kier molecular flexibility index (Phi) is 29.7. The Morgan fingerprint density at radius 2 is 1.06 bits per heavy atom. The molecular formula is C55H84O23. The Morgan fingerprint density at radius 1 is 0.590 bits per heavy atom. The number of ether oxygens (including phenoxy) is 14. The molecule has 0 radical (unpaired) electrons. The molecule has 1 saturated carbocycles. The first-order chi connectivity index (χ1) is 35.7. The molecule has 1 fully saturated rings. The van der Waals surface area contributed by atoms with Crippen LogP contribution in [0.2, 0.25) is 0 Å². The molecule has 2 atom stereocenters. The van der Waals surface area contributed by atoms with Gasteiger partial charge in [0.05, 0.1) is 46.4 Å². The van der Waals surface area contributed by atoms with Crippen LogP contribution in [0.4, 0.5) is 14.4 Å². The van der Waals surface area contributed by atoms with Gasteiger partial charge in [0, 0.05) is 12.5 Å². The maximum atomic E-state index is 11.7. The summed E-state index contributed by atoms with van der Waals surface area (Å²) in [6.07, 6.45) is 0.723. The highest BCUT2D eigenvalue weighted by atomic mass is 16.8. The van der Waals surface area contributed by atoms with Gasteiger partial charge >= 0.3 is 54.3 Å². The number of benzene rings is 1. The zero-order valence-electron chi connectivity index (χ0n) is 49.0. The maximum absolute atomic E-state index is 11.7. The van der Waals surface area contributed by atoms with Crippen LogP contribution in [0.5, 0.6) is 0 Å². The second kappa shape index (κ2) is 32.6. The zero-order valence-corrected chi connectivity index (χ0v) is 49.0. The molecule has 78 heavy (non-hydrogen) atoms. The van der Waals surface area contributed by atoms with E-state index in [1.807, 2.05) is 0 Å². The number of hydrogen-bond acceptors (Lipinski definition) is 23. The highest BCUT2D eigenvalue weighted by Crippen LogP contribution is 2.33. The average Bonchev–Trinajstić information content (AvgIpc) is 3.82. The smallest absolute Gasteiger partial charge is 0.457 e. The Hall–Kier alpha value is -7.07. The van der Waals surface area contributed by atoms with Crippen LogP contribution in [-0.4, -0.2) is 101 Å². The number of carbonyl (C=O) groups excluding carboxylic acids is 9. The summed E-state index contributed by atoms with van der Waals surface area (Å²) in [4.78, 5) is 101. The summed E-state index contributed by atoms with van der Waals surface area (Å²) in [6, 6.07) is 6.90. The predicted octanol–water partition coefficient (Wildman–Crippen LogP) is 11.2. The molecule has 2 aliphatic heterocycles. The van der Waals surface area contributed by atoms with Crippen LogP contribution in [0.3, 0.4) is 0 Å². The van der Waals surface area contributed by atoms with Crippen molar-refractivity contribution < 1.29 is 109 Å². The van der Waals surface area contributed by atoms with Crippen LogP contribution in [-0.2, 0) is 90.3 Å². The van der Waals surface area contributed by atoms with Gasteiger partial charge in [-0.25, -0.2) is 19.2 Å². The molecule has 442 valence electrons. The second-order valence-corrected chi connectivity index (χ2v) is 22.4. The third kappa shape index (κ3) is 29.4. The van der Waals surface area contributed by atoms with Crippen molar-refractivity contribution in [2.75, 3.05) is 33.9 Å². The third-order valence-corrected chi connectivity index (χ3v) is 9.67. The molecule has 3 aliphatic rings. The van der Waals surface area contributed by atoms with Gasteiger partial charge in [0.15, 0.2) is 12.4 Å². The predicted molar refractivity (Wildman–Crippen MR) is 276 cm³/mol.